The van der Waals surface area contributed by atoms with E-state index in [0.717, 1.165) is 5.57 Å². The Labute approximate surface area is 445 Å². The van der Waals surface area contributed by atoms with Crippen LogP contribution in [0.25, 0.3) is 0 Å². The number of piperidine rings is 1. The van der Waals surface area contributed by atoms with E-state index in [1.807, 2.05) is 83.8 Å². The van der Waals surface area contributed by atoms with Gasteiger partial charge in [-0.15, -0.1) is 0 Å². The molecule has 17 heteroatoms. The fraction of sp³-hybridized carbons (Fsp3) is 0.750. The molecule has 2 bridgehead atoms. The van der Waals surface area contributed by atoms with E-state index in [1.165, 1.54) is 12.0 Å². The molecule has 1 amide bonds. The van der Waals surface area contributed by atoms with E-state index >= 15 is 0 Å². The molecule has 0 radical (unpaired) electrons. The van der Waals surface area contributed by atoms with Crippen molar-refractivity contribution in [3.8, 4) is 0 Å². The van der Waals surface area contributed by atoms with Gasteiger partial charge in [-0.25, -0.2) is 4.79 Å². The van der Waals surface area contributed by atoms with E-state index in [1.54, 1.807) is 28.1 Å². The second-order valence-electron chi connectivity index (χ2n) is 22.4. The lowest BCUT2D eigenvalue weighted by Crippen LogP contribution is -2.61. The molecule has 0 unspecified atom stereocenters. The smallest absolute Gasteiger partial charge is 0.329 e. The average molecular weight is 1110 g/mol. The summed E-state index contributed by atoms with van der Waals surface area (Å²) >= 11 is 3.17. The van der Waals surface area contributed by atoms with Gasteiger partial charge in [0.1, 0.15) is 35.5 Å². The zero-order valence-corrected chi connectivity index (χ0v) is 48.6. The first kappa shape index (κ1) is 62.4. The molecule has 1 N–H and O–H groups in total. The van der Waals surface area contributed by atoms with Gasteiger partial charge in [0.05, 0.1) is 24.4 Å². The summed E-state index contributed by atoms with van der Waals surface area (Å²) in [6, 6.07) is -1.15. The Morgan fingerprint density at radius 3 is 2.22 bits per heavy atom. The predicted octanol–water partition coefficient (Wildman–Crippen LogP) is 8.99. The van der Waals surface area contributed by atoms with Crippen molar-refractivity contribution in [2.24, 2.45) is 35.5 Å². The second kappa shape index (κ2) is 28.8. The number of esters is 2. The maximum Gasteiger partial charge on any atom is 0.329 e. The number of cyclic esters (lactones) is 1. The number of Topliss-reactive ketones (excluding diaryl/α,β-unsaturated/α-hetero) is 3. The van der Waals surface area contributed by atoms with Gasteiger partial charge in [0.2, 0.25) is 5.79 Å². The number of halogens is 1. The van der Waals surface area contributed by atoms with E-state index in [2.05, 4.69) is 22.9 Å². The highest BCUT2D eigenvalue weighted by atomic mass is 79.9. The fourth-order valence-corrected chi connectivity index (χ4v) is 12.2. The zero-order chi connectivity index (χ0) is 54.4. The Hall–Kier alpha value is -3.16. The number of amides is 1. The number of methoxy groups -OCH3 is 3. The van der Waals surface area contributed by atoms with Crippen molar-refractivity contribution in [1.29, 1.82) is 0 Å². The van der Waals surface area contributed by atoms with E-state index in [9.17, 15) is 33.9 Å². The Morgan fingerprint density at radius 1 is 0.863 bits per heavy atom. The van der Waals surface area contributed by atoms with Crippen LogP contribution in [-0.4, -0.2) is 141 Å². The molecule has 73 heavy (non-hydrogen) atoms. The number of alkyl halides is 1. The van der Waals surface area contributed by atoms with Crippen LogP contribution >= 0.6 is 15.9 Å². The summed E-state index contributed by atoms with van der Waals surface area (Å²) in [6.07, 6.45) is 12.5. The summed E-state index contributed by atoms with van der Waals surface area (Å²) in [5.41, 5.74) is 1.56. The van der Waals surface area contributed by atoms with Crippen LogP contribution in [0.4, 0.5) is 0 Å². The number of rotatable bonds is 10. The minimum absolute atomic E-state index is 0.0456. The van der Waals surface area contributed by atoms with Gasteiger partial charge in [0, 0.05) is 58.5 Å². The standard InChI is InChI=1S/C56H88BrNO14Si/c1-34-19-15-14-16-20-35(2)46(66-8)31-42-24-22-40(7)56(65,71-42)53(62)54(63)58-26-18-17-21-43(58)55(64)70-47(37(4)29-41-23-25-45(48(30-41)67-9)69-49(60)33-57)32-44(59)36(3)28-39(6)51(72-73(11,12)13)52(68-10)50(61)38(5)27-34/h14-16,19-20,28,34,36-38,40-43,45-48,51-52,65H,17-18,21-27,29-33H2,1-13H3/b16-14+,19-15+,35-20+,39-28+/t34-,36-,37-,38-,40-,41+,42+,43+,45-,46+,47+,48-,51-,52+,56-/m1/s1. The topological polar surface area (TPSA) is 190 Å². The lowest BCUT2D eigenvalue weighted by molar-refractivity contribution is -0.265. The SMILES string of the molecule is CO[C@H]1C[C@@H]2CC[C@@H](C)[C@@](O)(O2)C(=O)C(=O)N2CCCC[C@H]2C(=O)O[C@H]([C@H](C)C[C@@H]2CC[C@@H](OC(=O)CBr)[C@H](OC)C2)CC(=O)[C@H](C)/C=C(\C)[C@@H](O[Si](C)(C)C)[C@@H](OC)C(=O)[C@H](C)C[C@H](C)/C=C/C=C/C=C/1C. The van der Waals surface area contributed by atoms with Gasteiger partial charge < -0.3 is 42.9 Å². The summed E-state index contributed by atoms with van der Waals surface area (Å²) in [5, 5.41) is 12.1. The van der Waals surface area contributed by atoms with Crippen LogP contribution in [0.2, 0.25) is 19.6 Å². The Bertz CT molecular complexity index is 2020. The monoisotopic (exact) mass is 1110 g/mol. The van der Waals surface area contributed by atoms with Gasteiger partial charge in [-0.05, 0) is 127 Å². The molecule has 3 fully saturated rings. The lowest BCUT2D eigenvalue weighted by Gasteiger charge is -2.42. The van der Waals surface area contributed by atoms with E-state index in [4.69, 9.17) is 32.8 Å². The van der Waals surface area contributed by atoms with Gasteiger partial charge in [-0.3, -0.25) is 24.0 Å². The summed E-state index contributed by atoms with van der Waals surface area (Å²) in [5.74, 6) is -8.04. The number of ether oxygens (including phenoxy) is 6. The second-order valence-corrected chi connectivity index (χ2v) is 27.4. The van der Waals surface area contributed by atoms with Gasteiger partial charge in [-0.2, -0.15) is 0 Å². The molecule has 0 spiro atoms. The Morgan fingerprint density at radius 2 is 1.58 bits per heavy atom. The highest BCUT2D eigenvalue weighted by Crippen LogP contribution is 2.38. The summed E-state index contributed by atoms with van der Waals surface area (Å²) in [4.78, 5) is 85.7. The number of hydrogen-bond donors (Lipinski definition) is 1. The molecule has 15 nitrogen and oxygen atoms in total. The summed E-state index contributed by atoms with van der Waals surface area (Å²) < 4.78 is 42.6. The molecule has 4 rings (SSSR count). The quantitative estimate of drug-likeness (QED) is 0.0717. The Balaban J connectivity index is 1.76. The number of ketones is 3. The maximum atomic E-state index is 14.6. The van der Waals surface area contributed by atoms with E-state index in [0.29, 0.717) is 69.8 Å². The van der Waals surface area contributed by atoms with Crippen molar-refractivity contribution < 1.29 is 66.7 Å². The zero-order valence-electron chi connectivity index (χ0n) is 46.0. The number of fused-ring (bicyclic) bond motifs is 3. The first-order chi connectivity index (χ1) is 34.4. The number of carbonyl (C=O) groups is 6. The van der Waals surface area contributed by atoms with Crippen molar-refractivity contribution in [3.05, 3.63) is 47.6 Å². The number of nitrogens with zero attached hydrogens (tertiary/aromatic N) is 1. The molecular weight excluding hydrogens is 1020 g/mol. The number of carbonyl (C=O) groups excluding carboxylic acids is 6. The molecule has 4 aliphatic rings. The summed E-state index contributed by atoms with van der Waals surface area (Å²) in [6.45, 7) is 19.3. The first-order valence-corrected chi connectivity index (χ1v) is 31.1. The average Bonchev–Trinajstić information content (AvgIpc) is 3.35. The molecule has 2 saturated heterocycles. The molecular formula is C56H88BrNO14Si. The van der Waals surface area contributed by atoms with Crippen molar-refractivity contribution in [1.82, 2.24) is 4.90 Å². The molecule has 15 atom stereocenters. The maximum absolute atomic E-state index is 14.6. The highest BCUT2D eigenvalue weighted by molar-refractivity contribution is 9.09. The minimum Gasteiger partial charge on any atom is -0.460 e. The first-order valence-electron chi connectivity index (χ1n) is 26.6. The normalized spacial score (nSPS) is 37.4. The van der Waals surface area contributed by atoms with Crippen LogP contribution in [0.15, 0.2) is 47.6 Å². The predicted molar refractivity (Wildman–Crippen MR) is 285 cm³/mol. The molecule has 3 aliphatic heterocycles. The van der Waals surface area contributed by atoms with Gasteiger partial charge in [0.25, 0.3) is 11.7 Å². The van der Waals surface area contributed by atoms with Crippen molar-refractivity contribution in [2.45, 2.75) is 200 Å². The van der Waals surface area contributed by atoms with Crippen LogP contribution in [0.5, 0.6) is 0 Å². The summed E-state index contributed by atoms with van der Waals surface area (Å²) in [7, 11) is 2.38. The minimum atomic E-state index is -2.44. The van der Waals surface area contributed by atoms with Crippen molar-refractivity contribution in [2.75, 3.05) is 33.2 Å². The molecule has 3 heterocycles. The van der Waals surface area contributed by atoms with Crippen LogP contribution in [0.3, 0.4) is 0 Å². The number of hydrogen-bond acceptors (Lipinski definition) is 14. The van der Waals surface area contributed by atoms with Gasteiger partial charge in [-0.1, -0.05) is 87.0 Å². The molecule has 0 aromatic rings. The van der Waals surface area contributed by atoms with Crippen LogP contribution in [0.1, 0.15) is 126 Å². The Kier molecular flexibility index (Phi) is 24.6. The number of allylic oxidation sites excluding steroid dienone is 6. The van der Waals surface area contributed by atoms with E-state index < -0.39 is 86.3 Å². The number of aliphatic hydroxyl groups is 1. The molecule has 1 saturated carbocycles. The fourth-order valence-electron chi connectivity index (χ4n) is 11.0. The molecule has 1 aliphatic carbocycles. The van der Waals surface area contributed by atoms with Crippen molar-refractivity contribution >= 4 is 59.4 Å². The third-order valence-corrected chi connectivity index (χ3v) is 16.7. The third-order valence-electron chi connectivity index (χ3n) is 15.3. The van der Waals surface area contributed by atoms with Crippen LogP contribution in [0, 0.1) is 35.5 Å². The largest absolute Gasteiger partial charge is 0.460 e. The van der Waals surface area contributed by atoms with E-state index in [-0.39, 0.29) is 72.0 Å². The lowest BCUT2D eigenvalue weighted by atomic mass is 9.78. The molecule has 412 valence electrons. The molecule has 0 aromatic heterocycles. The third kappa shape index (κ3) is 17.7. The van der Waals surface area contributed by atoms with Gasteiger partial charge in [0.15, 0.2) is 14.1 Å². The van der Waals surface area contributed by atoms with Crippen LogP contribution in [-0.2, 0) is 61.6 Å². The highest BCUT2D eigenvalue weighted by Gasteiger charge is 2.53. The van der Waals surface area contributed by atoms with Crippen LogP contribution < -0.4 is 0 Å². The molecule has 0 aromatic carbocycles. The van der Waals surface area contributed by atoms with Crippen molar-refractivity contribution in [3.63, 3.8) is 0 Å². The van der Waals surface area contributed by atoms with Gasteiger partial charge >= 0.3 is 11.9 Å².